The number of thiophene rings is 1. The number of rotatable bonds is 2. The Hall–Kier alpha value is 0.1000. The minimum Gasteiger partial charge on any atom is -0.207 e. The number of hydrogen-bond donors (Lipinski definition) is 0. The Labute approximate surface area is 119 Å². The quantitative estimate of drug-likeness (QED) is 0.575. The summed E-state index contributed by atoms with van der Waals surface area (Å²) in [7, 11) is 0. The lowest BCUT2D eigenvalue weighted by Crippen LogP contribution is -1.94. The molecule has 0 amide bonds. The van der Waals surface area contributed by atoms with Gasteiger partial charge in [-0.3, -0.25) is 0 Å². The van der Waals surface area contributed by atoms with E-state index in [1.807, 2.05) is 11.4 Å². The maximum atomic E-state index is 13.7. The fraction of sp³-hybridized carbons (Fsp3) is 0.0909. The third-order valence-corrected chi connectivity index (χ3v) is 5.28. The van der Waals surface area contributed by atoms with E-state index < -0.39 is 0 Å². The molecule has 0 nitrogen and oxygen atoms in total. The van der Waals surface area contributed by atoms with E-state index in [0.717, 1.165) is 9.35 Å². The fourth-order valence-corrected chi connectivity index (χ4v) is 3.93. The van der Waals surface area contributed by atoms with Crippen molar-refractivity contribution in [2.75, 3.05) is 0 Å². The number of halogens is 4. The van der Waals surface area contributed by atoms with Crippen LogP contribution in [0.5, 0.6) is 0 Å². The van der Waals surface area contributed by atoms with Crippen LogP contribution in [0.1, 0.15) is 15.3 Å². The molecule has 84 valence electrons. The average Bonchev–Trinajstić information content (AvgIpc) is 2.67. The van der Waals surface area contributed by atoms with Crippen LogP contribution in [-0.4, -0.2) is 0 Å². The van der Waals surface area contributed by atoms with Crippen molar-refractivity contribution in [3.63, 3.8) is 0 Å². The normalized spacial score (nSPS) is 12.8. The summed E-state index contributed by atoms with van der Waals surface area (Å²) in [4.78, 5) is 0.705. The smallest absolute Gasteiger partial charge is 0.127 e. The van der Waals surface area contributed by atoms with Crippen molar-refractivity contribution >= 4 is 54.8 Å². The van der Waals surface area contributed by atoms with Gasteiger partial charge in [-0.05, 0) is 29.6 Å². The number of hydrogen-bond acceptors (Lipinski definition) is 1. The lowest BCUT2D eigenvalue weighted by Gasteiger charge is -2.10. The van der Waals surface area contributed by atoms with Crippen LogP contribution >= 0.6 is 54.8 Å². The number of benzene rings is 1. The Bertz CT molecular complexity index is 512. The molecule has 0 spiro atoms. The van der Waals surface area contributed by atoms with Gasteiger partial charge < -0.3 is 0 Å². The summed E-state index contributed by atoms with van der Waals surface area (Å²) >= 11 is 14.3. The van der Waals surface area contributed by atoms with E-state index in [4.69, 9.17) is 11.6 Å². The SMILES string of the molecule is Fc1ccc(Br)cc1C(Br)c1sccc1Cl. The van der Waals surface area contributed by atoms with Crippen LogP contribution in [0.2, 0.25) is 5.02 Å². The van der Waals surface area contributed by atoms with Crippen molar-refractivity contribution in [2.45, 2.75) is 4.83 Å². The fourth-order valence-electron chi connectivity index (χ4n) is 1.34. The highest BCUT2D eigenvalue weighted by molar-refractivity contribution is 9.10. The first-order chi connectivity index (χ1) is 7.59. The maximum absolute atomic E-state index is 13.7. The molecule has 1 heterocycles. The van der Waals surface area contributed by atoms with Gasteiger partial charge in [0.2, 0.25) is 0 Å². The lowest BCUT2D eigenvalue weighted by molar-refractivity contribution is 0.613. The van der Waals surface area contributed by atoms with E-state index in [-0.39, 0.29) is 10.6 Å². The summed E-state index contributed by atoms with van der Waals surface area (Å²) in [5.41, 5.74) is 0.582. The highest BCUT2D eigenvalue weighted by atomic mass is 79.9. The van der Waals surface area contributed by atoms with Crippen molar-refractivity contribution in [2.24, 2.45) is 0 Å². The van der Waals surface area contributed by atoms with Gasteiger partial charge in [0.15, 0.2) is 0 Å². The third-order valence-electron chi connectivity index (χ3n) is 2.11. The van der Waals surface area contributed by atoms with Crippen molar-refractivity contribution in [3.8, 4) is 0 Å². The molecule has 2 rings (SSSR count). The summed E-state index contributed by atoms with van der Waals surface area (Å²) in [5, 5.41) is 2.55. The topological polar surface area (TPSA) is 0 Å². The summed E-state index contributed by atoms with van der Waals surface area (Å²) in [6.45, 7) is 0. The van der Waals surface area contributed by atoms with E-state index in [1.165, 1.54) is 17.4 Å². The summed E-state index contributed by atoms with van der Waals surface area (Å²) in [5.74, 6) is -0.241. The molecule has 1 unspecified atom stereocenters. The predicted octanol–water partition coefficient (Wildman–Crippen LogP) is 5.79. The maximum Gasteiger partial charge on any atom is 0.127 e. The molecule has 0 aliphatic carbocycles. The molecule has 0 aliphatic rings. The molecule has 1 aromatic heterocycles. The molecule has 0 aliphatic heterocycles. The van der Waals surface area contributed by atoms with Gasteiger partial charge in [-0.2, -0.15) is 0 Å². The van der Waals surface area contributed by atoms with Gasteiger partial charge in [-0.15, -0.1) is 11.3 Å². The standard InChI is InChI=1S/C11H6Br2ClFS/c12-6-1-2-9(15)7(5-6)10(13)11-8(14)3-4-16-11/h1-5,10H. The van der Waals surface area contributed by atoms with Crippen molar-refractivity contribution in [1.29, 1.82) is 0 Å². The Kier molecular flexibility index (Phi) is 4.06. The summed E-state index contributed by atoms with van der Waals surface area (Å²) in [6, 6.07) is 6.68. The second-order valence-electron chi connectivity index (χ2n) is 3.16. The van der Waals surface area contributed by atoms with Crippen LogP contribution in [0.15, 0.2) is 34.1 Å². The molecule has 2 aromatic rings. The Morgan fingerprint density at radius 3 is 2.69 bits per heavy atom. The zero-order chi connectivity index (χ0) is 11.7. The average molecular weight is 384 g/mol. The largest absolute Gasteiger partial charge is 0.207 e. The van der Waals surface area contributed by atoms with E-state index in [9.17, 15) is 4.39 Å². The van der Waals surface area contributed by atoms with E-state index >= 15 is 0 Å². The Balaban J connectivity index is 2.45. The highest BCUT2D eigenvalue weighted by Crippen LogP contribution is 2.40. The van der Waals surface area contributed by atoms with E-state index in [0.29, 0.717) is 10.6 Å². The minimum atomic E-state index is -0.241. The van der Waals surface area contributed by atoms with Crippen LogP contribution in [0.3, 0.4) is 0 Å². The van der Waals surface area contributed by atoms with E-state index in [2.05, 4.69) is 31.9 Å². The minimum absolute atomic E-state index is 0.211. The molecular weight excluding hydrogens is 378 g/mol. The first-order valence-electron chi connectivity index (χ1n) is 4.41. The first-order valence-corrected chi connectivity index (χ1v) is 7.38. The number of alkyl halides is 1. The van der Waals surface area contributed by atoms with Gasteiger partial charge in [0.1, 0.15) is 5.82 Å². The molecular formula is C11H6Br2ClFS. The van der Waals surface area contributed by atoms with Gasteiger partial charge in [0.05, 0.1) is 9.85 Å². The predicted molar refractivity (Wildman–Crippen MR) is 74.2 cm³/mol. The molecule has 0 saturated carbocycles. The van der Waals surface area contributed by atoms with Gasteiger partial charge in [-0.25, -0.2) is 4.39 Å². The van der Waals surface area contributed by atoms with Crippen molar-refractivity contribution in [1.82, 2.24) is 0 Å². The molecule has 0 N–H and O–H groups in total. The lowest BCUT2D eigenvalue weighted by atomic mass is 10.1. The molecule has 0 fully saturated rings. The summed E-state index contributed by atoms with van der Waals surface area (Å²) < 4.78 is 14.5. The third kappa shape index (κ3) is 2.50. The first kappa shape index (κ1) is 12.6. The van der Waals surface area contributed by atoms with Gasteiger partial charge in [-0.1, -0.05) is 43.5 Å². The van der Waals surface area contributed by atoms with Gasteiger partial charge in [0, 0.05) is 14.9 Å². The van der Waals surface area contributed by atoms with E-state index in [1.54, 1.807) is 12.1 Å². The van der Waals surface area contributed by atoms with Gasteiger partial charge in [0.25, 0.3) is 0 Å². The van der Waals surface area contributed by atoms with Crippen molar-refractivity contribution in [3.05, 3.63) is 55.4 Å². The van der Waals surface area contributed by atoms with Crippen LogP contribution < -0.4 is 0 Å². The summed E-state index contributed by atoms with van der Waals surface area (Å²) in [6.07, 6.45) is 0. The monoisotopic (exact) mass is 382 g/mol. The second kappa shape index (κ2) is 5.17. The molecule has 16 heavy (non-hydrogen) atoms. The van der Waals surface area contributed by atoms with Crippen LogP contribution in [0, 0.1) is 5.82 Å². The molecule has 0 saturated heterocycles. The Morgan fingerprint density at radius 1 is 1.31 bits per heavy atom. The molecule has 1 atom stereocenters. The molecule has 5 heteroatoms. The van der Waals surface area contributed by atoms with Crippen LogP contribution in [0.4, 0.5) is 4.39 Å². The molecule has 0 radical (unpaired) electrons. The van der Waals surface area contributed by atoms with Crippen molar-refractivity contribution < 1.29 is 4.39 Å². The Morgan fingerprint density at radius 2 is 2.06 bits per heavy atom. The molecule has 1 aromatic carbocycles. The van der Waals surface area contributed by atoms with Crippen LogP contribution in [0.25, 0.3) is 0 Å². The zero-order valence-electron chi connectivity index (χ0n) is 7.88. The zero-order valence-corrected chi connectivity index (χ0v) is 12.6. The highest BCUT2D eigenvalue weighted by Gasteiger charge is 2.18. The molecule has 0 bridgehead atoms. The van der Waals surface area contributed by atoms with Gasteiger partial charge >= 0.3 is 0 Å². The van der Waals surface area contributed by atoms with Crippen LogP contribution in [-0.2, 0) is 0 Å². The second-order valence-corrected chi connectivity index (χ2v) is 6.35.